The minimum Gasteiger partial charge on any atom is -0.479 e. The van der Waals surface area contributed by atoms with Crippen LogP contribution in [-0.4, -0.2) is 36.1 Å². The van der Waals surface area contributed by atoms with E-state index in [9.17, 15) is 14.7 Å². The van der Waals surface area contributed by atoms with Crippen LogP contribution in [0.15, 0.2) is 12.2 Å². The Kier molecular flexibility index (Phi) is 5.37. The van der Waals surface area contributed by atoms with Gasteiger partial charge in [0.2, 0.25) is 0 Å². The Labute approximate surface area is 121 Å². The van der Waals surface area contributed by atoms with Crippen LogP contribution in [0.5, 0.6) is 0 Å². The van der Waals surface area contributed by atoms with Gasteiger partial charge in [-0.3, -0.25) is 0 Å². The minimum absolute atomic E-state index is 0.159. The molecule has 1 unspecified atom stereocenters. The molecule has 5 nitrogen and oxygen atoms in total. The molecule has 0 aromatic heterocycles. The van der Waals surface area contributed by atoms with Gasteiger partial charge in [0.25, 0.3) is 0 Å². The summed E-state index contributed by atoms with van der Waals surface area (Å²) >= 11 is 0. The molecular weight excluding hydrogens is 276 g/mol. The van der Waals surface area contributed by atoms with Crippen molar-refractivity contribution in [3.8, 4) is 0 Å². The Morgan fingerprint density at radius 2 is 1.55 bits per heavy atom. The Hall–Kier alpha value is -1.14. The maximum Gasteiger partial charge on any atom is 0.335 e. The van der Waals surface area contributed by atoms with E-state index >= 15 is 0 Å². The third-order valence-electron chi connectivity index (χ3n) is 4.32. The van der Waals surface area contributed by atoms with Crippen LogP contribution in [0.25, 0.3) is 0 Å². The summed E-state index contributed by atoms with van der Waals surface area (Å²) in [4.78, 5) is 22.7. The summed E-state index contributed by atoms with van der Waals surface area (Å²) in [7, 11) is -2.36. The number of aliphatic carboxylic acids is 2. The maximum atomic E-state index is 11.7. The Balaban J connectivity index is 5.61. The van der Waals surface area contributed by atoms with Crippen molar-refractivity contribution in [2.45, 2.75) is 58.4 Å². The Morgan fingerprint density at radius 1 is 1.15 bits per heavy atom. The van der Waals surface area contributed by atoms with Crippen molar-refractivity contribution in [1.82, 2.24) is 0 Å². The lowest BCUT2D eigenvalue weighted by atomic mass is 9.85. The van der Waals surface area contributed by atoms with Crippen LogP contribution < -0.4 is 0 Å². The molecule has 0 aliphatic rings. The number of hydrogen-bond donors (Lipinski definition) is 2. The number of carboxylic acids is 2. The fraction of sp³-hybridized carbons (Fsp3) is 0.714. The van der Waals surface area contributed by atoms with E-state index in [0.717, 1.165) is 0 Å². The third-order valence-corrected chi connectivity index (χ3v) is 8.87. The molecule has 0 aliphatic carbocycles. The average Bonchev–Trinajstić information content (AvgIpc) is 2.24. The van der Waals surface area contributed by atoms with Gasteiger partial charge < -0.3 is 14.6 Å². The smallest absolute Gasteiger partial charge is 0.335 e. The van der Waals surface area contributed by atoms with Crippen LogP contribution in [0, 0.1) is 5.92 Å². The van der Waals surface area contributed by atoms with Crippen molar-refractivity contribution >= 4 is 20.3 Å². The van der Waals surface area contributed by atoms with Gasteiger partial charge in [-0.05, 0) is 25.1 Å². The van der Waals surface area contributed by atoms with Crippen molar-refractivity contribution in [2.24, 2.45) is 5.92 Å². The minimum atomic E-state index is -2.36. The zero-order chi connectivity index (χ0) is 16.5. The molecule has 0 bridgehead atoms. The lowest BCUT2D eigenvalue weighted by Crippen LogP contribution is -2.55. The number of carboxylic acid groups (broad SMARTS) is 2. The maximum absolute atomic E-state index is 11.7. The molecular formula is C14H26O5Si. The summed E-state index contributed by atoms with van der Waals surface area (Å²) in [6, 6.07) is 0. The molecule has 0 radical (unpaired) electrons. The van der Waals surface area contributed by atoms with Gasteiger partial charge in [0.15, 0.2) is 13.9 Å². The van der Waals surface area contributed by atoms with Gasteiger partial charge in [0.1, 0.15) is 0 Å². The summed E-state index contributed by atoms with van der Waals surface area (Å²) in [6.45, 7) is 16.3. The molecule has 0 fully saturated rings. The van der Waals surface area contributed by atoms with Crippen LogP contribution in [0.1, 0.15) is 34.6 Å². The van der Waals surface area contributed by atoms with Gasteiger partial charge in [-0.25, -0.2) is 9.59 Å². The first-order valence-corrected chi connectivity index (χ1v) is 9.43. The van der Waals surface area contributed by atoms with E-state index in [1.54, 1.807) is 0 Å². The molecule has 0 aliphatic heterocycles. The molecule has 0 heterocycles. The standard InChI is InChI=1S/C14H26O5Si/c1-9(11(15)16)10(2)14(6,12(17)18)19-20(7,8)13(3,4)5/h10H,1H2,2-8H3,(H,15,16)(H,17,18)/t10?,14-/m0/s1. The lowest BCUT2D eigenvalue weighted by Gasteiger charge is -2.44. The zero-order valence-corrected chi connectivity index (χ0v) is 14.4. The first-order valence-electron chi connectivity index (χ1n) is 6.52. The lowest BCUT2D eigenvalue weighted by molar-refractivity contribution is -0.158. The van der Waals surface area contributed by atoms with Gasteiger partial charge in [-0.2, -0.15) is 0 Å². The van der Waals surface area contributed by atoms with Crippen molar-refractivity contribution in [1.29, 1.82) is 0 Å². The number of rotatable bonds is 6. The van der Waals surface area contributed by atoms with E-state index in [4.69, 9.17) is 9.53 Å². The predicted molar refractivity (Wildman–Crippen MR) is 80.3 cm³/mol. The fourth-order valence-corrected chi connectivity index (χ4v) is 3.15. The average molecular weight is 302 g/mol. The molecule has 0 amide bonds. The first kappa shape index (κ1) is 18.9. The highest BCUT2D eigenvalue weighted by Crippen LogP contribution is 2.41. The van der Waals surface area contributed by atoms with Crippen molar-refractivity contribution in [3.63, 3.8) is 0 Å². The second-order valence-corrected chi connectivity index (χ2v) is 11.6. The number of hydrogen-bond acceptors (Lipinski definition) is 3. The molecule has 0 aromatic rings. The van der Waals surface area contributed by atoms with Crippen LogP contribution in [-0.2, 0) is 14.0 Å². The molecule has 0 rings (SSSR count). The molecule has 2 atom stereocenters. The van der Waals surface area contributed by atoms with Crippen LogP contribution in [0.4, 0.5) is 0 Å². The SMILES string of the molecule is C=C(C(=O)O)C(C)[C@](C)(O[Si](C)(C)C(C)(C)C)C(=O)O. The molecule has 6 heteroatoms. The highest BCUT2D eigenvalue weighted by Gasteiger charge is 2.50. The number of carbonyl (C=O) groups is 2. The van der Waals surface area contributed by atoms with Crippen LogP contribution >= 0.6 is 0 Å². The van der Waals surface area contributed by atoms with Gasteiger partial charge in [0, 0.05) is 11.5 Å². The highest BCUT2D eigenvalue weighted by atomic mass is 28.4. The van der Waals surface area contributed by atoms with E-state index in [1.807, 2.05) is 33.9 Å². The van der Waals surface area contributed by atoms with E-state index in [0.29, 0.717) is 0 Å². The zero-order valence-electron chi connectivity index (χ0n) is 13.4. The monoisotopic (exact) mass is 302 g/mol. The Bertz CT molecular complexity index is 422. The molecule has 2 N–H and O–H groups in total. The van der Waals surface area contributed by atoms with Crippen molar-refractivity contribution in [3.05, 3.63) is 12.2 Å². The Morgan fingerprint density at radius 3 is 1.80 bits per heavy atom. The third kappa shape index (κ3) is 3.70. The summed E-state index contributed by atoms with van der Waals surface area (Å²) < 4.78 is 6.00. The largest absolute Gasteiger partial charge is 0.479 e. The quantitative estimate of drug-likeness (QED) is 0.581. The normalized spacial score (nSPS) is 17.1. The summed E-state index contributed by atoms with van der Waals surface area (Å²) in [5.41, 5.74) is -1.76. The molecule has 0 saturated heterocycles. The van der Waals surface area contributed by atoms with Crippen LogP contribution in [0.2, 0.25) is 18.1 Å². The molecule has 0 aromatic carbocycles. The second kappa shape index (κ2) is 5.69. The van der Waals surface area contributed by atoms with E-state index in [-0.39, 0.29) is 10.6 Å². The highest BCUT2D eigenvalue weighted by molar-refractivity contribution is 6.74. The van der Waals surface area contributed by atoms with Gasteiger partial charge in [0.05, 0.1) is 0 Å². The molecule has 116 valence electrons. The second-order valence-electron chi connectivity index (χ2n) is 6.83. The van der Waals surface area contributed by atoms with E-state index < -0.39 is 31.8 Å². The molecule has 0 spiro atoms. The van der Waals surface area contributed by atoms with Gasteiger partial charge >= 0.3 is 11.9 Å². The summed E-state index contributed by atoms with van der Waals surface area (Å²) in [6.07, 6.45) is 0. The van der Waals surface area contributed by atoms with Crippen LogP contribution in [0.3, 0.4) is 0 Å². The van der Waals surface area contributed by atoms with Gasteiger partial charge in [-0.15, -0.1) is 0 Å². The topological polar surface area (TPSA) is 83.8 Å². The first-order chi connectivity index (χ1) is 8.67. The predicted octanol–water partition coefficient (Wildman–Crippen LogP) is 3.13. The fourth-order valence-electron chi connectivity index (χ4n) is 1.52. The van der Waals surface area contributed by atoms with Crippen molar-refractivity contribution < 1.29 is 24.2 Å². The summed E-state index contributed by atoms with van der Waals surface area (Å²) in [5.74, 6) is -3.20. The molecule has 0 saturated carbocycles. The summed E-state index contributed by atoms with van der Waals surface area (Å²) in [5, 5.41) is 18.4. The van der Waals surface area contributed by atoms with Gasteiger partial charge in [-0.1, -0.05) is 34.3 Å². The van der Waals surface area contributed by atoms with Crippen molar-refractivity contribution in [2.75, 3.05) is 0 Å². The molecule has 20 heavy (non-hydrogen) atoms. The van der Waals surface area contributed by atoms with E-state index in [2.05, 4.69) is 6.58 Å². The van der Waals surface area contributed by atoms with E-state index in [1.165, 1.54) is 13.8 Å².